The van der Waals surface area contributed by atoms with Crippen LogP contribution in [0.4, 0.5) is 0 Å². The molecule has 0 saturated carbocycles. The Morgan fingerprint density at radius 3 is 2.62 bits per heavy atom. The van der Waals surface area contributed by atoms with Crippen LogP contribution in [0.25, 0.3) is 0 Å². The van der Waals surface area contributed by atoms with E-state index in [4.69, 9.17) is 0 Å². The Labute approximate surface area is 88.7 Å². The molecule has 0 aromatic heterocycles. The summed E-state index contributed by atoms with van der Waals surface area (Å²) in [6.07, 6.45) is 1.92. The Kier molecular flexibility index (Phi) is 3.77. The minimum absolute atomic E-state index is 0.0449. The lowest BCUT2D eigenvalue weighted by Gasteiger charge is -2.21. The zero-order valence-corrected chi connectivity index (χ0v) is 10.4. The predicted octanol–water partition coefficient (Wildman–Crippen LogP) is 1.79. The molecule has 0 aliphatic carbocycles. The van der Waals surface area contributed by atoms with Crippen molar-refractivity contribution in [3.8, 4) is 0 Å². The molecule has 0 amide bonds. The van der Waals surface area contributed by atoms with Gasteiger partial charge in [-0.3, -0.25) is 0 Å². The predicted molar refractivity (Wildman–Crippen MR) is 57.3 cm³/mol. The van der Waals surface area contributed by atoms with E-state index in [0.29, 0.717) is 12.5 Å². The third-order valence-corrected chi connectivity index (χ3v) is 5.71. The van der Waals surface area contributed by atoms with Gasteiger partial charge in [0.25, 0.3) is 0 Å². The van der Waals surface area contributed by atoms with Gasteiger partial charge in [-0.1, -0.05) is 29.8 Å². The van der Waals surface area contributed by atoms with Crippen LogP contribution in [-0.4, -0.2) is 30.0 Å². The van der Waals surface area contributed by atoms with E-state index >= 15 is 0 Å². The highest BCUT2D eigenvalue weighted by molar-refractivity contribution is 9.10. The first-order valence-corrected chi connectivity index (χ1v) is 7.29. The van der Waals surface area contributed by atoms with Crippen molar-refractivity contribution in [1.29, 1.82) is 0 Å². The Bertz CT molecular complexity index is 265. The van der Waals surface area contributed by atoms with E-state index < -0.39 is 10.0 Å². The van der Waals surface area contributed by atoms with Crippen molar-refractivity contribution in [3.05, 3.63) is 0 Å². The average molecular weight is 270 g/mol. The zero-order chi connectivity index (χ0) is 10.1. The van der Waals surface area contributed by atoms with Gasteiger partial charge in [0.1, 0.15) is 4.66 Å². The third kappa shape index (κ3) is 2.44. The number of nitrogens with zero attached hydrogens (tertiary/aromatic N) is 1. The fraction of sp³-hybridized carbons (Fsp3) is 1.00. The number of rotatable bonds is 3. The monoisotopic (exact) mass is 269 g/mol. The molecule has 1 aliphatic heterocycles. The lowest BCUT2D eigenvalue weighted by molar-refractivity contribution is 0.381. The lowest BCUT2D eigenvalue weighted by atomic mass is 10.1. The summed E-state index contributed by atoms with van der Waals surface area (Å²) >= 11 is 3.03. The molecule has 13 heavy (non-hydrogen) atoms. The summed E-state index contributed by atoms with van der Waals surface area (Å²) in [5.41, 5.74) is 0. The second-order valence-corrected chi connectivity index (χ2v) is 6.92. The molecule has 0 aromatic rings. The molecule has 5 heteroatoms. The van der Waals surface area contributed by atoms with Crippen LogP contribution in [-0.2, 0) is 10.0 Å². The maximum Gasteiger partial charge on any atom is 0.224 e. The van der Waals surface area contributed by atoms with Gasteiger partial charge in [-0.2, -0.15) is 4.31 Å². The molecule has 1 rings (SSSR count). The second-order valence-electron chi connectivity index (χ2n) is 3.69. The van der Waals surface area contributed by atoms with E-state index in [-0.39, 0.29) is 10.7 Å². The summed E-state index contributed by atoms with van der Waals surface area (Å²) in [6, 6.07) is 0.220. The van der Waals surface area contributed by atoms with E-state index in [1.807, 2.05) is 6.92 Å². The molecule has 0 spiro atoms. The van der Waals surface area contributed by atoms with Gasteiger partial charge >= 0.3 is 0 Å². The first kappa shape index (κ1) is 11.5. The van der Waals surface area contributed by atoms with E-state index in [9.17, 15) is 8.42 Å². The summed E-state index contributed by atoms with van der Waals surface area (Å²) < 4.78 is 24.9. The van der Waals surface area contributed by atoms with Crippen LogP contribution in [0.2, 0.25) is 0 Å². The van der Waals surface area contributed by atoms with Crippen molar-refractivity contribution in [3.63, 3.8) is 0 Å². The number of hydrogen-bond acceptors (Lipinski definition) is 2. The minimum Gasteiger partial charge on any atom is -0.211 e. The standard InChI is InChI=1S/C8H16BrNO2S/c1-3-8-4-7(2)5-10(8)13(11,12)6-9/h7-8H,3-6H2,1-2H3. The fourth-order valence-corrected chi connectivity index (χ4v) is 3.97. The molecule has 78 valence electrons. The molecule has 0 bridgehead atoms. The number of alkyl halides is 1. The Balaban J connectivity index is 2.80. The largest absolute Gasteiger partial charge is 0.224 e. The van der Waals surface area contributed by atoms with Crippen LogP contribution in [0.5, 0.6) is 0 Å². The summed E-state index contributed by atoms with van der Waals surface area (Å²) in [5.74, 6) is 0.499. The zero-order valence-electron chi connectivity index (χ0n) is 8.03. The highest BCUT2D eigenvalue weighted by Gasteiger charge is 2.35. The van der Waals surface area contributed by atoms with Gasteiger partial charge in [-0.25, -0.2) is 8.42 Å². The summed E-state index contributed by atoms with van der Waals surface area (Å²) in [5, 5.41) is 0. The van der Waals surface area contributed by atoms with Gasteiger partial charge in [0.2, 0.25) is 10.0 Å². The Hall–Kier alpha value is 0.390. The highest BCUT2D eigenvalue weighted by Crippen LogP contribution is 2.28. The second kappa shape index (κ2) is 4.28. The average Bonchev–Trinajstić information content (AvgIpc) is 2.47. The Morgan fingerprint density at radius 2 is 2.15 bits per heavy atom. The maximum atomic E-state index is 11.6. The summed E-state index contributed by atoms with van der Waals surface area (Å²) in [6.45, 7) is 4.83. The molecule has 1 fully saturated rings. The van der Waals surface area contributed by atoms with Crippen molar-refractivity contribution in [1.82, 2.24) is 4.31 Å². The van der Waals surface area contributed by atoms with Crippen molar-refractivity contribution < 1.29 is 8.42 Å². The van der Waals surface area contributed by atoms with Crippen molar-refractivity contribution in [2.45, 2.75) is 32.7 Å². The van der Waals surface area contributed by atoms with Crippen LogP contribution < -0.4 is 0 Å². The normalized spacial score (nSPS) is 31.0. The van der Waals surface area contributed by atoms with E-state index in [0.717, 1.165) is 12.8 Å². The molecule has 0 radical (unpaired) electrons. The van der Waals surface area contributed by atoms with Crippen LogP contribution in [0.15, 0.2) is 0 Å². The van der Waals surface area contributed by atoms with Gasteiger partial charge in [-0.15, -0.1) is 0 Å². The molecule has 2 atom stereocenters. The van der Waals surface area contributed by atoms with Gasteiger partial charge in [0.05, 0.1) is 0 Å². The smallest absolute Gasteiger partial charge is 0.211 e. The minimum atomic E-state index is -3.04. The topological polar surface area (TPSA) is 37.4 Å². The Morgan fingerprint density at radius 1 is 1.54 bits per heavy atom. The van der Waals surface area contributed by atoms with E-state index in [1.165, 1.54) is 0 Å². The van der Waals surface area contributed by atoms with Gasteiger partial charge in [0, 0.05) is 12.6 Å². The van der Waals surface area contributed by atoms with E-state index in [1.54, 1.807) is 4.31 Å². The van der Waals surface area contributed by atoms with Crippen LogP contribution in [0.1, 0.15) is 26.7 Å². The first-order valence-electron chi connectivity index (χ1n) is 4.56. The molecular weight excluding hydrogens is 254 g/mol. The lowest BCUT2D eigenvalue weighted by Crippen LogP contribution is -2.35. The SMILES string of the molecule is CCC1CC(C)CN1S(=O)(=O)CBr. The quantitative estimate of drug-likeness (QED) is 0.733. The van der Waals surface area contributed by atoms with E-state index in [2.05, 4.69) is 22.9 Å². The maximum absolute atomic E-state index is 11.6. The highest BCUT2D eigenvalue weighted by atomic mass is 79.9. The van der Waals surface area contributed by atoms with Crippen molar-refractivity contribution >= 4 is 26.0 Å². The van der Waals surface area contributed by atoms with Gasteiger partial charge in [-0.05, 0) is 18.8 Å². The molecular formula is C8H16BrNO2S. The molecule has 1 heterocycles. The van der Waals surface area contributed by atoms with Crippen LogP contribution >= 0.6 is 15.9 Å². The third-order valence-electron chi connectivity index (χ3n) is 2.54. The number of hydrogen-bond donors (Lipinski definition) is 0. The van der Waals surface area contributed by atoms with Crippen molar-refractivity contribution in [2.24, 2.45) is 5.92 Å². The summed E-state index contributed by atoms with van der Waals surface area (Å²) in [4.78, 5) is 0. The molecule has 2 unspecified atom stereocenters. The fourth-order valence-electron chi connectivity index (χ4n) is 1.89. The molecule has 1 saturated heterocycles. The van der Waals surface area contributed by atoms with Crippen molar-refractivity contribution in [2.75, 3.05) is 11.2 Å². The molecule has 3 nitrogen and oxygen atoms in total. The summed E-state index contributed by atoms with van der Waals surface area (Å²) in [7, 11) is -3.04. The number of halogens is 1. The molecule has 1 aliphatic rings. The number of sulfonamides is 1. The molecule has 0 N–H and O–H groups in total. The van der Waals surface area contributed by atoms with Crippen LogP contribution in [0.3, 0.4) is 0 Å². The van der Waals surface area contributed by atoms with Gasteiger partial charge < -0.3 is 0 Å². The van der Waals surface area contributed by atoms with Crippen LogP contribution in [0, 0.1) is 5.92 Å². The first-order chi connectivity index (χ1) is 6.01. The van der Waals surface area contributed by atoms with Gasteiger partial charge in [0.15, 0.2) is 0 Å². The molecule has 0 aromatic carbocycles.